The molecule has 1 aromatic heterocycles. The van der Waals surface area contributed by atoms with E-state index in [1.165, 1.54) is 35.4 Å². The number of hydrogen-bond acceptors (Lipinski definition) is 8. The number of anilines is 3. The topological polar surface area (TPSA) is 65.3 Å². The number of aromatic nitrogens is 3. The average molecular weight is 755 g/mol. The number of hydrogen-bond donors (Lipinski definition) is 0. The molecule has 0 spiro atoms. The van der Waals surface area contributed by atoms with Crippen LogP contribution in [0, 0.1) is 23.0 Å². The second-order valence-electron chi connectivity index (χ2n) is 15.2. The van der Waals surface area contributed by atoms with Crippen molar-refractivity contribution in [2.75, 3.05) is 54.0 Å². The first-order chi connectivity index (χ1) is 26.5. The molecule has 4 heterocycles. The van der Waals surface area contributed by atoms with Gasteiger partial charge in [0.25, 0.3) is 0 Å². The van der Waals surface area contributed by atoms with Crippen molar-refractivity contribution in [3.05, 3.63) is 115 Å². The zero-order valence-electron chi connectivity index (χ0n) is 33.9. The first kappa shape index (κ1) is 41.4. The zero-order chi connectivity index (χ0) is 39.6. The Morgan fingerprint density at radius 2 is 1.47 bits per heavy atom. The van der Waals surface area contributed by atoms with Crippen LogP contribution in [-0.2, 0) is 23.3 Å². The van der Waals surface area contributed by atoms with Gasteiger partial charge in [-0.1, -0.05) is 73.2 Å². The molecule has 0 amide bonds. The summed E-state index contributed by atoms with van der Waals surface area (Å²) >= 11 is 0. The number of rotatable bonds is 11. The van der Waals surface area contributed by atoms with Gasteiger partial charge in [0.05, 0.1) is 13.2 Å². The minimum absolute atomic E-state index is 0.232. The maximum atomic E-state index is 15.0. The smallest absolute Gasteiger partial charge is 0.137 e. The lowest BCUT2D eigenvalue weighted by Crippen LogP contribution is -2.46. The minimum Gasteiger partial charge on any atom is -0.368 e. The molecule has 9 nitrogen and oxygen atoms in total. The Labute approximate surface area is 327 Å². The molecule has 7 rings (SSSR count). The quantitative estimate of drug-likeness (QED) is 0.151. The monoisotopic (exact) mass is 754 g/mol. The van der Waals surface area contributed by atoms with Crippen molar-refractivity contribution in [2.45, 2.75) is 86.3 Å². The van der Waals surface area contributed by atoms with Crippen LogP contribution in [0.3, 0.4) is 0 Å². The molecule has 2 fully saturated rings. The SMILES string of the molecule is C=C1N(CCC(C)(C)C)N=CN1c1ccc(N2CCN(c3ccc(CC[C@H]4COC(Cn5cncn5)(c5ccc(F)cc5F)C4)cc3)CC2)cc1.CC.CC. The van der Waals surface area contributed by atoms with Crippen LogP contribution in [0.2, 0.25) is 0 Å². The zero-order valence-corrected chi connectivity index (χ0v) is 33.9. The van der Waals surface area contributed by atoms with Crippen LogP contribution < -0.4 is 14.7 Å². The van der Waals surface area contributed by atoms with Gasteiger partial charge in [0.2, 0.25) is 0 Å². The number of ether oxygens (including phenoxy) is 1. The molecule has 1 unspecified atom stereocenters. The van der Waals surface area contributed by atoms with Crippen molar-refractivity contribution in [3.63, 3.8) is 0 Å². The van der Waals surface area contributed by atoms with Gasteiger partial charge in [0.1, 0.15) is 42.0 Å². The predicted octanol–water partition coefficient (Wildman–Crippen LogP) is 9.47. The fourth-order valence-electron chi connectivity index (χ4n) is 7.37. The van der Waals surface area contributed by atoms with Gasteiger partial charge in [-0.15, -0.1) is 0 Å². The molecule has 0 radical (unpaired) electrons. The first-order valence-electron chi connectivity index (χ1n) is 20.0. The third kappa shape index (κ3) is 10.3. The molecule has 0 aliphatic carbocycles. The highest BCUT2D eigenvalue weighted by atomic mass is 19.1. The van der Waals surface area contributed by atoms with Gasteiger partial charge in [-0.05, 0) is 85.0 Å². The van der Waals surface area contributed by atoms with E-state index in [4.69, 9.17) is 4.74 Å². The molecule has 0 saturated carbocycles. The van der Waals surface area contributed by atoms with Crippen molar-refractivity contribution >= 4 is 23.4 Å². The first-order valence-corrected chi connectivity index (χ1v) is 20.0. The average Bonchev–Trinajstić information content (AvgIpc) is 3.96. The summed E-state index contributed by atoms with van der Waals surface area (Å²) in [5, 5.41) is 10.8. The summed E-state index contributed by atoms with van der Waals surface area (Å²) in [5.74, 6) is -0.0746. The van der Waals surface area contributed by atoms with E-state index < -0.39 is 17.2 Å². The van der Waals surface area contributed by atoms with Crippen LogP contribution in [0.5, 0.6) is 0 Å². The summed E-state index contributed by atoms with van der Waals surface area (Å²) in [6.45, 7) is 24.5. The molecule has 0 N–H and O–H groups in total. The van der Waals surface area contributed by atoms with E-state index in [9.17, 15) is 4.39 Å². The highest BCUT2D eigenvalue weighted by Crippen LogP contribution is 2.43. The predicted molar refractivity (Wildman–Crippen MR) is 221 cm³/mol. The van der Waals surface area contributed by atoms with Crippen molar-refractivity contribution < 1.29 is 13.5 Å². The highest BCUT2D eigenvalue weighted by molar-refractivity contribution is 5.85. The van der Waals surface area contributed by atoms with Crippen LogP contribution >= 0.6 is 0 Å². The Hall–Kier alpha value is -4.77. The molecular formula is C44H60F2N8O. The Balaban J connectivity index is 0.00000140. The summed E-state index contributed by atoms with van der Waals surface area (Å²) in [7, 11) is 0. The summed E-state index contributed by atoms with van der Waals surface area (Å²) in [6, 6.07) is 21.3. The van der Waals surface area contributed by atoms with Crippen LogP contribution in [-0.4, -0.2) is 65.4 Å². The number of halogens is 2. The van der Waals surface area contributed by atoms with Crippen LogP contribution in [0.4, 0.5) is 25.8 Å². The van der Waals surface area contributed by atoms with Crippen molar-refractivity contribution in [2.24, 2.45) is 16.4 Å². The molecular weight excluding hydrogens is 695 g/mol. The fraction of sp³-hybridized carbons (Fsp3) is 0.477. The number of benzene rings is 3. The summed E-state index contributed by atoms with van der Waals surface area (Å²) in [4.78, 5) is 11.0. The van der Waals surface area contributed by atoms with Gasteiger partial charge >= 0.3 is 0 Å². The molecule has 4 aromatic rings. The third-order valence-electron chi connectivity index (χ3n) is 10.4. The van der Waals surface area contributed by atoms with Crippen molar-refractivity contribution in [1.29, 1.82) is 0 Å². The molecule has 3 aliphatic rings. The van der Waals surface area contributed by atoms with Crippen molar-refractivity contribution in [3.8, 4) is 0 Å². The number of nitrogens with zero attached hydrogens (tertiary/aromatic N) is 8. The van der Waals surface area contributed by atoms with Gasteiger partial charge in [-0.2, -0.15) is 10.2 Å². The number of aryl methyl sites for hydroxylation is 1. The molecule has 296 valence electrons. The molecule has 0 bridgehead atoms. The molecule has 2 saturated heterocycles. The lowest BCUT2D eigenvalue weighted by atomic mass is 9.84. The number of hydrazone groups is 1. The Morgan fingerprint density at radius 3 is 2.05 bits per heavy atom. The molecule has 55 heavy (non-hydrogen) atoms. The molecule has 3 aromatic carbocycles. The molecule has 2 atom stereocenters. The highest BCUT2D eigenvalue weighted by Gasteiger charge is 2.44. The lowest BCUT2D eigenvalue weighted by Gasteiger charge is -2.37. The number of piperazine rings is 1. The van der Waals surface area contributed by atoms with E-state index in [1.807, 2.05) is 39.0 Å². The second kappa shape index (κ2) is 18.7. The third-order valence-corrected chi connectivity index (χ3v) is 10.4. The van der Waals surface area contributed by atoms with E-state index >= 15 is 4.39 Å². The molecule has 11 heteroatoms. The summed E-state index contributed by atoms with van der Waals surface area (Å²) in [5.41, 5.74) is 4.49. The fourth-order valence-corrected chi connectivity index (χ4v) is 7.37. The van der Waals surface area contributed by atoms with E-state index in [0.717, 1.165) is 69.6 Å². The Bertz CT molecular complexity index is 1820. The normalized spacial score (nSPS) is 19.7. The summed E-state index contributed by atoms with van der Waals surface area (Å²) in [6.07, 6.45) is 8.39. The van der Waals surface area contributed by atoms with Gasteiger partial charge in [-0.3, -0.25) is 4.90 Å². The Morgan fingerprint density at radius 1 is 0.855 bits per heavy atom. The Kier molecular flexibility index (Phi) is 14.1. The van der Waals surface area contributed by atoms with Gasteiger partial charge < -0.3 is 14.5 Å². The standard InChI is InChI=1S/C40H48F2N8O.2C2H6/c1-30-49(29-45-50(30)18-17-39(2,3)4)36-14-12-35(13-15-36)47-21-19-46(20-22-47)34-10-7-31(8-11-34)5-6-32-24-40(51-25-32,26-48-28-43-27-44-48)37-16-9-33(41)23-38(37)42;2*1-2/h7-16,23,27-29,32H,1,5-6,17-22,24-26H2,2-4H3;2*1-2H3/t32-,40?;;/m1../s1. The lowest BCUT2D eigenvalue weighted by molar-refractivity contribution is -0.0204. The maximum Gasteiger partial charge on any atom is 0.137 e. The molecule has 3 aliphatic heterocycles. The van der Waals surface area contributed by atoms with Gasteiger partial charge in [-0.25, -0.2) is 23.5 Å². The minimum atomic E-state index is -0.921. The largest absolute Gasteiger partial charge is 0.368 e. The van der Waals surface area contributed by atoms with Crippen LogP contribution in [0.1, 0.15) is 78.9 Å². The van der Waals surface area contributed by atoms with E-state index in [2.05, 4.69) is 106 Å². The van der Waals surface area contributed by atoms with Crippen LogP contribution in [0.15, 0.2) is 96.9 Å². The van der Waals surface area contributed by atoms with Gasteiger partial charge in [0.15, 0.2) is 0 Å². The van der Waals surface area contributed by atoms with Crippen molar-refractivity contribution in [1.82, 2.24) is 19.8 Å². The maximum absolute atomic E-state index is 15.0. The second-order valence-corrected chi connectivity index (χ2v) is 15.2. The van der Waals surface area contributed by atoms with E-state index in [-0.39, 0.29) is 11.3 Å². The summed E-state index contributed by atoms with van der Waals surface area (Å²) < 4.78 is 36.8. The van der Waals surface area contributed by atoms with Crippen LogP contribution in [0.25, 0.3) is 0 Å². The van der Waals surface area contributed by atoms with E-state index in [0.29, 0.717) is 25.1 Å². The van der Waals surface area contributed by atoms with E-state index in [1.54, 1.807) is 11.0 Å². The van der Waals surface area contributed by atoms with Gasteiger partial charge in [0, 0.05) is 61.4 Å².